The highest BCUT2D eigenvalue weighted by molar-refractivity contribution is 14.1. The molecule has 3 aromatic carbocycles. The summed E-state index contributed by atoms with van der Waals surface area (Å²) in [7, 11) is 1.65. The fourth-order valence-electron chi connectivity index (χ4n) is 3.13. The van der Waals surface area contributed by atoms with E-state index in [1.165, 1.54) is 40.9 Å². The number of ether oxygens (including phenoxy) is 1. The Morgan fingerprint density at radius 1 is 1.11 bits per heavy atom. The van der Waals surface area contributed by atoms with Crippen LogP contribution in [0.15, 0.2) is 70.6 Å². The van der Waals surface area contributed by atoms with E-state index >= 15 is 0 Å². The molecule has 0 atom stereocenters. The van der Waals surface area contributed by atoms with Gasteiger partial charge in [0.2, 0.25) is 0 Å². The largest absolute Gasteiger partial charge is 0.487 e. The number of amidine groups is 1. The first kappa shape index (κ1) is 25.6. The molecule has 0 bridgehead atoms. The molecule has 1 amide bonds. The van der Waals surface area contributed by atoms with Crippen molar-refractivity contribution < 1.29 is 23.8 Å². The minimum atomic E-state index is -1.01. The van der Waals surface area contributed by atoms with Crippen LogP contribution in [0.4, 0.5) is 10.1 Å². The molecule has 35 heavy (non-hydrogen) atoms. The second-order valence-corrected chi connectivity index (χ2v) is 10.8. The Bertz CT molecular complexity index is 1340. The fraction of sp³-hybridized carbons (Fsp3) is 0.0800. The maximum atomic E-state index is 13.1. The monoisotopic (exact) mass is 714 g/mol. The van der Waals surface area contributed by atoms with E-state index in [1.54, 1.807) is 31.3 Å². The second kappa shape index (κ2) is 11.1. The molecule has 1 saturated heterocycles. The molecule has 1 heterocycles. The number of hydrogen-bond acceptors (Lipinski definition) is 5. The van der Waals surface area contributed by atoms with Gasteiger partial charge in [-0.2, -0.15) is 0 Å². The van der Waals surface area contributed by atoms with Crippen LogP contribution in [-0.4, -0.2) is 34.1 Å². The van der Waals surface area contributed by atoms with Gasteiger partial charge in [0, 0.05) is 7.05 Å². The van der Waals surface area contributed by atoms with Crippen molar-refractivity contribution in [3.63, 3.8) is 0 Å². The Kier molecular flexibility index (Phi) is 8.12. The Morgan fingerprint density at radius 3 is 2.34 bits per heavy atom. The van der Waals surface area contributed by atoms with Crippen molar-refractivity contribution in [1.29, 1.82) is 0 Å². The number of rotatable bonds is 6. The average molecular weight is 714 g/mol. The van der Waals surface area contributed by atoms with Crippen LogP contribution in [0.3, 0.4) is 0 Å². The van der Waals surface area contributed by atoms with Crippen molar-refractivity contribution in [3.05, 3.63) is 95.2 Å². The van der Waals surface area contributed by atoms with Crippen molar-refractivity contribution in [1.82, 2.24) is 4.90 Å². The summed E-state index contributed by atoms with van der Waals surface area (Å²) >= 11 is 5.65. The lowest BCUT2D eigenvalue weighted by molar-refractivity contribution is -0.121. The van der Waals surface area contributed by atoms with Gasteiger partial charge in [-0.1, -0.05) is 12.1 Å². The van der Waals surface area contributed by atoms with E-state index in [4.69, 9.17) is 9.84 Å². The summed E-state index contributed by atoms with van der Waals surface area (Å²) in [4.78, 5) is 30.3. The third-order valence-corrected chi connectivity index (χ3v) is 7.62. The Morgan fingerprint density at radius 2 is 1.74 bits per heavy atom. The summed E-state index contributed by atoms with van der Waals surface area (Å²) in [6, 6.07) is 16.2. The fourth-order valence-corrected chi connectivity index (χ4v) is 6.24. The molecule has 0 aliphatic carbocycles. The standard InChI is InChI=1S/C25H17FI2N2O4S/c1-30-23(31)21(35-25(30)29-18-8-4-16(5-9-18)24(32)33)12-15-10-19(27)22(20(28)11-15)34-13-14-2-6-17(26)7-3-14/h2-12H,13H2,1H3,(H,32,33). The zero-order valence-electron chi connectivity index (χ0n) is 18.2. The van der Waals surface area contributed by atoms with Gasteiger partial charge in [0.05, 0.1) is 23.3 Å². The van der Waals surface area contributed by atoms with Crippen LogP contribution in [0.1, 0.15) is 21.5 Å². The number of thioether (sulfide) groups is 1. The van der Waals surface area contributed by atoms with Crippen LogP contribution in [0.25, 0.3) is 6.08 Å². The topological polar surface area (TPSA) is 79.2 Å². The molecule has 3 aromatic rings. The minimum Gasteiger partial charge on any atom is -0.487 e. The molecule has 1 aliphatic rings. The van der Waals surface area contributed by atoms with Crippen LogP contribution >= 0.6 is 56.9 Å². The number of carboxylic acid groups (broad SMARTS) is 1. The van der Waals surface area contributed by atoms with E-state index in [1.807, 2.05) is 18.2 Å². The maximum absolute atomic E-state index is 13.1. The SMILES string of the molecule is CN1C(=O)C(=Cc2cc(I)c(OCc3ccc(F)cc3)c(I)c2)SC1=Nc1ccc(C(=O)O)cc1. The number of carbonyl (C=O) groups excluding carboxylic acids is 1. The molecule has 0 radical (unpaired) electrons. The van der Waals surface area contributed by atoms with Gasteiger partial charge in [0.25, 0.3) is 5.91 Å². The number of benzene rings is 3. The van der Waals surface area contributed by atoms with Gasteiger partial charge in [0.1, 0.15) is 18.2 Å². The lowest BCUT2D eigenvalue weighted by atomic mass is 10.2. The van der Waals surface area contributed by atoms with Crippen molar-refractivity contribution >= 4 is 85.8 Å². The van der Waals surface area contributed by atoms with Gasteiger partial charge < -0.3 is 9.84 Å². The predicted molar refractivity (Wildman–Crippen MR) is 151 cm³/mol. The van der Waals surface area contributed by atoms with Crippen LogP contribution in [0.2, 0.25) is 0 Å². The lowest BCUT2D eigenvalue weighted by Gasteiger charge is -2.12. The molecule has 1 fully saturated rings. The smallest absolute Gasteiger partial charge is 0.335 e. The normalized spacial score (nSPS) is 15.8. The molecule has 4 rings (SSSR count). The molecule has 10 heteroatoms. The van der Waals surface area contributed by atoms with Crippen LogP contribution in [0, 0.1) is 13.0 Å². The van der Waals surface area contributed by atoms with Crippen LogP contribution in [0.5, 0.6) is 5.75 Å². The first-order chi connectivity index (χ1) is 16.7. The summed E-state index contributed by atoms with van der Waals surface area (Å²) in [6.07, 6.45) is 1.81. The third-order valence-electron chi connectivity index (χ3n) is 4.96. The van der Waals surface area contributed by atoms with E-state index in [-0.39, 0.29) is 17.3 Å². The van der Waals surface area contributed by atoms with Crippen molar-refractivity contribution in [2.24, 2.45) is 4.99 Å². The molecule has 1 N–H and O–H groups in total. The maximum Gasteiger partial charge on any atom is 0.335 e. The zero-order valence-corrected chi connectivity index (χ0v) is 23.3. The third kappa shape index (κ3) is 6.22. The number of hydrogen-bond donors (Lipinski definition) is 1. The van der Waals surface area contributed by atoms with Gasteiger partial charge in [-0.15, -0.1) is 0 Å². The summed E-state index contributed by atoms with van der Waals surface area (Å²) in [5.74, 6) is -0.734. The summed E-state index contributed by atoms with van der Waals surface area (Å²) < 4.78 is 20.9. The van der Waals surface area contributed by atoms with E-state index in [2.05, 4.69) is 50.2 Å². The first-order valence-corrected chi connectivity index (χ1v) is 13.1. The predicted octanol–water partition coefficient (Wildman–Crippen LogP) is 6.55. The first-order valence-electron chi connectivity index (χ1n) is 10.2. The second-order valence-electron chi connectivity index (χ2n) is 7.45. The van der Waals surface area contributed by atoms with Gasteiger partial charge in [0.15, 0.2) is 5.17 Å². The highest BCUT2D eigenvalue weighted by Gasteiger charge is 2.30. The molecular weight excluding hydrogens is 697 g/mol. The number of aromatic carboxylic acids is 1. The summed E-state index contributed by atoms with van der Waals surface area (Å²) in [5, 5.41) is 9.54. The Balaban J connectivity index is 1.52. The summed E-state index contributed by atoms with van der Waals surface area (Å²) in [5.41, 5.74) is 2.45. The summed E-state index contributed by atoms with van der Waals surface area (Å²) in [6.45, 7) is 0.319. The van der Waals surface area contributed by atoms with Gasteiger partial charge >= 0.3 is 5.97 Å². The molecule has 178 valence electrons. The van der Waals surface area contributed by atoms with E-state index < -0.39 is 5.97 Å². The highest BCUT2D eigenvalue weighted by atomic mass is 127. The molecule has 6 nitrogen and oxygen atoms in total. The van der Waals surface area contributed by atoms with E-state index in [9.17, 15) is 14.0 Å². The van der Waals surface area contributed by atoms with E-state index in [0.29, 0.717) is 22.4 Å². The van der Waals surface area contributed by atoms with Gasteiger partial charge in [-0.25, -0.2) is 14.2 Å². The minimum absolute atomic E-state index is 0.169. The van der Waals surface area contributed by atoms with Crippen molar-refractivity contribution in [2.75, 3.05) is 7.05 Å². The molecule has 0 unspecified atom stereocenters. The van der Waals surface area contributed by atoms with Crippen LogP contribution < -0.4 is 4.74 Å². The van der Waals surface area contributed by atoms with Crippen molar-refractivity contribution in [2.45, 2.75) is 6.61 Å². The number of carbonyl (C=O) groups is 2. The quantitative estimate of drug-likeness (QED) is 0.232. The number of carboxylic acids is 1. The molecule has 0 spiro atoms. The number of halogens is 3. The molecule has 0 aromatic heterocycles. The molecular formula is C25H17FI2N2O4S. The van der Waals surface area contributed by atoms with Gasteiger partial charge in [-0.05, 0) is 123 Å². The van der Waals surface area contributed by atoms with Crippen molar-refractivity contribution in [3.8, 4) is 5.75 Å². The average Bonchev–Trinajstić information content (AvgIpc) is 3.07. The number of nitrogens with zero attached hydrogens (tertiary/aromatic N) is 2. The molecule has 1 aliphatic heterocycles. The lowest BCUT2D eigenvalue weighted by Crippen LogP contribution is -2.23. The zero-order chi connectivity index (χ0) is 25.1. The Hall–Kier alpha value is -2.45. The highest BCUT2D eigenvalue weighted by Crippen LogP contribution is 2.35. The van der Waals surface area contributed by atoms with Gasteiger partial charge in [-0.3, -0.25) is 9.69 Å². The number of amides is 1. The van der Waals surface area contributed by atoms with Crippen LogP contribution in [-0.2, 0) is 11.4 Å². The Labute approximate surface area is 232 Å². The van der Waals surface area contributed by atoms with E-state index in [0.717, 1.165) is 24.0 Å². The number of likely N-dealkylation sites (N-methyl/N-ethyl adjacent to an activating group) is 1. The number of aliphatic imine (C=N–C) groups is 1. The molecule has 0 saturated carbocycles.